The zero-order valence-electron chi connectivity index (χ0n) is 13.3. The van der Waals surface area contributed by atoms with Gasteiger partial charge in [-0.3, -0.25) is 0 Å². The van der Waals surface area contributed by atoms with E-state index in [2.05, 4.69) is 43.2 Å². The molecule has 1 aromatic rings. The molecule has 5 heteroatoms. The highest BCUT2D eigenvalue weighted by molar-refractivity contribution is 5.07. The Morgan fingerprint density at radius 3 is 2.55 bits per heavy atom. The van der Waals surface area contributed by atoms with Gasteiger partial charge in [0.1, 0.15) is 6.10 Å². The first-order chi connectivity index (χ1) is 9.37. The van der Waals surface area contributed by atoms with E-state index >= 15 is 0 Å². The number of nitrogens with one attached hydrogen (secondary N) is 1. The Morgan fingerprint density at radius 2 is 2.00 bits per heavy atom. The maximum atomic E-state index is 5.83. The minimum atomic E-state index is -0.129. The van der Waals surface area contributed by atoms with Crippen LogP contribution in [0.25, 0.3) is 0 Å². The lowest BCUT2D eigenvalue weighted by Crippen LogP contribution is -2.38. The summed E-state index contributed by atoms with van der Waals surface area (Å²) in [5.74, 6) is 1.43. The van der Waals surface area contributed by atoms with Crippen molar-refractivity contribution in [3.63, 3.8) is 0 Å². The molecule has 1 unspecified atom stereocenters. The van der Waals surface area contributed by atoms with Crippen LogP contribution >= 0.6 is 0 Å². The van der Waals surface area contributed by atoms with Gasteiger partial charge in [0.2, 0.25) is 11.7 Å². The highest BCUT2D eigenvalue weighted by Crippen LogP contribution is 2.37. The van der Waals surface area contributed by atoms with Gasteiger partial charge in [0.15, 0.2) is 0 Å². The summed E-state index contributed by atoms with van der Waals surface area (Å²) in [4.78, 5) is 4.66. The van der Waals surface area contributed by atoms with E-state index in [1.807, 2.05) is 6.92 Å². The molecule has 0 saturated carbocycles. The molecule has 1 N–H and O–H groups in total. The third kappa shape index (κ3) is 3.20. The van der Waals surface area contributed by atoms with Crippen LogP contribution in [0.15, 0.2) is 4.52 Å². The topological polar surface area (TPSA) is 60.2 Å². The summed E-state index contributed by atoms with van der Waals surface area (Å²) < 4.78 is 11.4. The Kier molecular flexibility index (Phi) is 4.49. The Hall–Kier alpha value is -0.940. The van der Waals surface area contributed by atoms with Crippen molar-refractivity contribution in [2.75, 3.05) is 19.7 Å². The Labute approximate surface area is 121 Å². The largest absolute Gasteiger partial charge is 0.370 e. The van der Waals surface area contributed by atoms with E-state index in [0.717, 1.165) is 31.8 Å². The van der Waals surface area contributed by atoms with Crippen LogP contribution < -0.4 is 5.32 Å². The fourth-order valence-corrected chi connectivity index (χ4v) is 2.66. The van der Waals surface area contributed by atoms with Gasteiger partial charge in [-0.05, 0) is 38.3 Å². The molecule has 2 rings (SSSR count). The Morgan fingerprint density at radius 1 is 1.35 bits per heavy atom. The number of hydrogen-bond acceptors (Lipinski definition) is 5. The summed E-state index contributed by atoms with van der Waals surface area (Å²) in [5.41, 5.74) is -0.0582. The SMILES string of the molecule is CCOC(c1noc(C2(C)CCNCC2)n1)C(C)(C)C. The minimum Gasteiger partial charge on any atom is -0.370 e. The van der Waals surface area contributed by atoms with Gasteiger partial charge >= 0.3 is 0 Å². The van der Waals surface area contributed by atoms with Crippen LogP contribution in [0.3, 0.4) is 0 Å². The zero-order valence-corrected chi connectivity index (χ0v) is 13.3. The summed E-state index contributed by atoms with van der Waals surface area (Å²) in [6.07, 6.45) is 1.93. The van der Waals surface area contributed by atoms with Crippen molar-refractivity contribution in [3.05, 3.63) is 11.7 Å². The van der Waals surface area contributed by atoms with Gasteiger partial charge in [0.25, 0.3) is 0 Å². The fourth-order valence-electron chi connectivity index (χ4n) is 2.66. The molecular formula is C15H27N3O2. The number of ether oxygens (including phenoxy) is 1. The Balaban J connectivity index is 2.22. The first-order valence-corrected chi connectivity index (χ1v) is 7.53. The van der Waals surface area contributed by atoms with E-state index in [1.165, 1.54) is 0 Å². The quantitative estimate of drug-likeness (QED) is 0.919. The molecule has 5 nitrogen and oxygen atoms in total. The number of rotatable bonds is 4. The van der Waals surface area contributed by atoms with Crippen molar-refractivity contribution in [1.82, 2.24) is 15.5 Å². The molecule has 1 aromatic heterocycles. The maximum absolute atomic E-state index is 5.83. The van der Waals surface area contributed by atoms with Crippen LogP contribution in [0.4, 0.5) is 0 Å². The molecule has 1 fully saturated rings. The Bertz CT molecular complexity index is 431. The van der Waals surface area contributed by atoms with E-state index in [-0.39, 0.29) is 16.9 Å². The summed E-state index contributed by atoms with van der Waals surface area (Å²) >= 11 is 0. The molecule has 0 aromatic carbocycles. The number of piperidine rings is 1. The number of nitrogens with zero attached hydrogens (tertiary/aromatic N) is 2. The van der Waals surface area contributed by atoms with E-state index in [1.54, 1.807) is 0 Å². The molecule has 0 radical (unpaired) electrons. The average Bonchev–Trinajstić information content (AvgIpc) is 2.85. The highest BCUT2D eigenvalue weighted by Gasteiger charge is 2.37. The van der Waals surface area contributed by atoms with E-state index in [0.29, 0.717) is 12.4 Å². The lowest BCUT2D eigenvalue weighted by atomic mass is 9.81. The van der Waals surface area contributed by atoms with Crippen LogP contribution in [0.5, 0.6) is 0 Å². The lowest BCUT2D eigenvalue weighted by Gasteiger charge is -2.30. The van der Waals surface area contributed by atoms with Gasteiger partial charge < -0.3 is 14.6 Å². The summed E-state index contributed by atoms with van der Waals surface area (Å²) in [6.45, 7) is 13.3. The van der Waals surface area contributed by atoms with Crippen molar-refractivity contribution in [3.8, 4) is 0 Å². The van der Waals surface area contributed by atoms with Crippen molar-refractivity contribution in [2.24, 2.45) is 5.41 Å². The maximum Gasteiger partial charge on any atom is 0.232 e. The average molecular weight is 281 g/mol. The standard InChI is InChI=1S/C15H27N3O2/c1-6-19-11(14(2,3)4)12-17-13(20-18-12)15(5)7-9-16-10-8-15/h11,16H,6-10H2,1-5H3. The summed E-state index contributed by atoms with van der Waals surface area (Å²) in [5, 5.41) is 7.56. The van der Waals surface area contributed by atoms with Crippen molar-refractivity contribution in [2.45, 2.75) is 59.0 Å². The molecule has 114 valence electrons. The molecule has 0 aliphatic carbocycles. The minimum absolute atomic E-state index is 0.00878. The van der Waals surface area contributed by atoms with Crippen molar-refractivity contribution < 1.29 is 9.26 Å². The van der Waals surface area contributed by atoms with Crippen molar-refractivity contribution >= 4 is 0 Å². The van der Waals surface area contributed by atoms with Gasteiger partial charge in [-0.15, -0.1) is 0 Å². The molecule has 20 heavy (non-hydrogen) atoms. The van der Waals surface area contributed by atoms with E-state index < -0.39 is 0 Å². The summed E-state index contributed by atoms with van der Waals surface area (Å²) in [6, 6.07) is 0. The van der Waals surface area contributed by atoms with E-state index in [9.17, 15) is 0 Å². The molecule has 0 amide bonds. The third-order valence-electron chi connectivity index (χ3n) is 4.02. The van der Waals surface area contributed by atoms with Gasteiger partial charge in [0.05, 0.1) is 0 Å². The van der Waals surface area contributed by atoms with Crippen LogP contribution in [0.1, 0.15) is 65.3 Å². The van der Waals surface area contributed by atoms with Crippen LogP contribution in [-0.2, 0) is 10.2 Å². The van der Waals surface area contributed by atoms with Crippen molar-refractivity contribution in [1.29, 1.82) is 0 Å². The normalized spacial score (nSPS) is 20.9. The molecule has 1 saturated heterocycles. The monoisotopic (exact) mass is 281 g/mol. The predicted octanol–water partition coefficient (Wildman–Crippen LogP) is 2.83. The van der Waals surface area contributed by atoms with Gasteiger partial charge in [-0.2, -0.15) is 4.98 Å². The van der Waals surface area contributed by atoms with Gasteiger partial charge in [-0.1, -0.05) is 32.9 Å². The second-order valence-corrected chi connectivity index (χ2v) is 6.97. The molecule has 1 aliphatic heterocycles. The van der Waals surface area contributed by atoms with Crippen LogP contribution in [0.2, 0.25) is 0 Å². The lowest BCUT2D eigenvalue weighted by molar-refractivity contribution is -0.0203. The van der Waals surface area contributed by atoms with Crippen LogP contribution in [0, 0.1) is 5.41 Å². The fraction of sp³-hybridized carbons (Fsp3) is 0.867. The summed E-state index contributed by atoms with van der Waals surface area (Å²) in [7, 11) is 0. The first kappa shape index (κ1) is 15.4. The second-order valence-electron chi connectivity index (χ2n) is 6.97. The van der Waals surface area contributed by atoms with E-state index in [4.69, 9.17) is 9.26 Å². The predicted molar refractivity (Wildman–Crippen MR) is 77.6 cm³/mol. The first-order valence-electron chi connectivity index (χ1n) is 7.53. The highest BCUT2D eigenvalue weighted by atomic mass is 16.5. The molecule has 0 spiro atoms. The zero-order chi connectivity index (χ0) is 14.8. The second kappa shape index (κ2) is 5.82. The van der Waals surface area contributed by atoms with Gasteiger partial charge in [0, 0.05) is 12.0 Å². The molecule has 1 aliphatic rings. The van der Waals surface area contributed by atoms with Gasteiger partial charge in [-0.25, -0.2) is 0 Å². The third-order valence-corrected chi connectivity index (χ3v) is 4.02. The smallest absolute Gasteiger partial charge is 0.232 e. The van der Waals surface area contributed by atoms with Crippen LogP contribution in [-0.4, -0.2) is 29.8 Å². The molecular weight excluding hydrogens is 254 g/mol. The molecule has 2 heterocycles. The molecule has 0 bridgehead atoms. The number of hydrogen-bond donors (Lipinski definition) is 1. The number of aromatic nitrogens is 2. The molecule has 1 atom stereocenters.